The minimum atomic E-state index is 0.205. The third-order valence-corrected chi connectivity index (χ3v) is 3.14. The van der Waals surface area contributed by atoms with Crippen molar-refractivity contribution in [1.82, 2.24) is 10.2 Å². The molecule has 1 aliphatic heterocycles. The molecule has 0 bridgehead atoms. The second kappa shape index (κ2) is 4.64. The first kappa shape index (κ1) is 14.6. The largest absolute Gasteiger partial charge is 0.360 e. The van der Waals surface area contributed by atoms with Crippen LogP contribution in [0, 0.1) is 0 Å². The van der Waals surface area contributed by atoms with Crippen molar-refractivity contribution in [2.75, 3.05) is 0 Å². The van der Waals surface area contributed by atoms with Crippen LogP contribution in [0.15, 0.2) is 11.8 Å². The Hall–Kier alpha value is -0.500. The van der Waals surface area contributed by atoms with Gasteiger partial charge in [-0.15, -0.1) is 0 Å². The number of hydrogen-bond donors (Lipinski definition) is 1. The van der Waals surface area contributed by atoms with Crippen LogP contribution in [0.4, 0.5) is 0 Å². The highest BCUT2D eigenvalue weighted by Crippen LogP contribution is 2.43. The molecule has 0 aromatic rings. The second-order valence-electron chi connectivity index (χ2n) is 7.30. The normalized spacial score (nSPS) is 25.3. The minimum Gasteiger partial charge on any atom is -0.360 e. The Balaban J connectivity index is 2.54. The molecule has 1 aliphatic rings. The van der Waals surface area contributed by atoms with E-state index < -0.39 is 0 Å². The van der Waals surface area contributed by atoms with Gasteiger partial charge in [-0.2, -0.15) is 0 Å². The van der Waals surface area contributed by atoms with E-state index in [-0.39, 0.29) is 11.1 Å². The summed E-state index contributed by atoms with van der Waals surface area (Å²) < 4.78 is 0. The molecule has 1 heterocycles. The van der Waals surface area contributed by atoms with E-state index in [9.17, 15) is 0 Å². The van der Waals surface area contributed by atoms with Crippen molar-refractivity contribution in [1.29, 1.82) is 0 Å². The lowest BCUT2D eigenvalue weighted by Gasteiger charge is -2.27. The molecule has 2 heteroatoms. The monoisotopic (exact) mass is 238 g/mol. The van der Waals surface area contributed by atoms with E-state index in [1.54, 1.807) is 0 Å². The van der Waals surface area contributed by atoms with Crippen molar-refractivity contribution in [3.05, 3.63) is 11.8 Å². The smallest absolute Gasteiger partial charge is 0.0705 e. The molecule has 0 aromatic carbocycles. The van der Waals surface area contributed by atoms with Gasteiger partial charge in [-0.05, 0) is 61.8 Å². The molecular formula is C15H30N2. The lowest BCUT2D eigenvalue weighted by atomic mass is 10.0. The fourth-order valence-corrected chi connectivity index (χ4v) is 2.80. The number of nitrogens with zero attached hydrogens (tertiary/aromatic N) is 1. The molecule has 100 valence electrons. The van der Waals surface area contributed by atoms with Gasteiger partial charge in [-0.25, -0.2) is 0 Å². The maximum absolute atomic E-state index is 3.65. The second-order valence-corrected chi connectivity index (χ2v) is 7.30. The predicted molar refractivity (Wildman–Crippen MR) is 76.1 cm³/mol. The summed E-state index contributed by atoms with van der Waals surface area (Å²) >= 11 is 0. The van der Waals surface area contributed by atoms with Crippen LogP contribution in [0.1, 0.15) is 61.8 Å². The van der Waals surface area contributed by atoms with Crippen LogP contribution in [0.3, 0.4) is 0 Å². The summed E-state index contributed by atoms with van der Waals surface area (Å²) in [5, 5.41) is 3.65. The number of allylic oxidation sites excluding steroid dienone is 1. The number of rotatable bonds is 3. The summed E-state index contributed by atoms with van der Waals surface area (Å²) in [5.74, 6) is 0. The molecule has 0 saturated carbocycles. The van der Waals surface area contributed by atoms with Crippen LogP contribution in [-0.4, -0.2) is 28.1 Å². The molecule has 2 atom stereocenters. The molecular weight excluding hydrogens is 208 g/mol. The summed E-state index contributed by atoms with van der Waals surface area (Å²) in [6.45, 7) is 18.0. The van der Waals surface area contributed by atoms with E-state index in [1.807, 2.05) is 0 Å². The van der Waals surface area contributed by atoms with Crippen molar-refractivity contribution in [2.45, 2.75) is 85.0 Å². The first-order valence-electron chi connectivity index (χ1n) is 6.79. The zero-order valence-corrected chi connectivity index (χ0v) is 12.9. The summed E-state index contributed by atoms with van der Waals surface area (Å²) in [6.07, 6.45) is 3.47. The topological polar surface area (TPSA) is 15.0 Å². The van der Waals surface area contributed by atoms with Crippen LogP contribution < -0.4 is 5.32 Å². The Bertz CT molecular complexity index is 291. The Morgan fingerprint density at radius 2 is 1.76 bits per heavy atom. The van der Waals surface area contributed by atoms with Crippen molar-refractivity contribution >= 4 is 0 Å². The van der Waals surface area contributed by atoms with Gasteiger partial charge in [0.25, 0.3) is 0 Å². The van der Waals surface area contributed by atoms with Crippen LogP contribution in [0.25, 0.3) is 0 Å². The molecule has 1 rings (SSSR count). The molecule has 2 unspecified atom stereocenters. The van der Waals surface area contributed by atoms with Crippen LogP contribution in [0.2, 0.25) is 0 Å². The number of nitrogens with one attached hydrogen (secondary N) is 1. The highest BCUT2D eigenvalue weighted by molar-refractivity contribution is 5.29. The lowest BCUT2D eigenvalue weighted by molar-refractivity contribution is 0.274. The SMILES string of the molecule is C/C=C1\C(CC(C)NC(C)(C)C)N1C(C)(C)C. The zero-order valence-electron chi connectivity index (χ0n) is 12.9. The molecule has 2 nitrogen and oxygen atoms in total. The van der Waals surface area contributed by atoms with Gasteiger partial charge >= 0.3 is 0 Å². The van der Waals surface area contributed by atoms with E-state index >= 15 is 0 Å². The zero-order chi connectivity index (χ0) is 13.4. The standard InChI is InChI=1S/C15H30N2/c1-9-12-13(17(12)15(6,7)8)10-11(2)16-14(3,4)5/h9,11,13,16H,10H2,1-8H3/b12-9+. The molecule has 1 fully saturated rings. The molecule has 0 amide bonds. The Morgan fingerprint density at radius 1 is 1.24 bits per heavy atom. The highest BCUT2D eigenvalue weighted by Gasteiger charge is 2.46. The van der Waals surface area contributed by atoms with Gasteiger partial charge in [-0.1, -0.05) is 6.08 Å². The van der Waals surface area contributed by atoms with Gasteiger partial charge < -0.3 is 10.2 Å². The maximum atomic E-state index is 3.65. The van der Waals surface area contributed by atoms with Gasteiger partial charge in [-0.3, -0.25) is 0 Å². The molecule has 1 N–H and O–H groups in total. The van der Waals surface area contributed by atoms with Crippen LogP contribution >= 0.6 is 0 Å². The maximum Gasteiger partial charge on any atom is 0.0705 e. The van der Waals surface area contributed by atoms with E-state index in [4.69, 9.17) is 0 Å². The predicted octanol–water partition coefficient (Wildman–Crippen LogP) is 3.54. The van der Waals surface area contributed by atoms with Crippen molar-refractivity contribution < 1.29 is 0 Å². The molecule has 0 aliphatic carbocycles. The molecule has 0 spiro atoms. The molecule has 1 saturated heterocycles. The fourth-order valence-electron chi connectivity index (χ4n) is 2.80. The summed E-state index contributed by atoms with van der Waals surface area (Å²) in [4.78, 5) is 2.54. The van der Waals surface area contributed by atoms with Crippen molar-refractivity contribution in [2.24, 2.45) is 0 Å². The fraction of sp³-hybridized carbons (Fsp3) is 0.867. The van der Waals surface area contributed by atoms with Crippen LogP contribution in [0.5, 0.6) is 0 Å². The van der Waals surface area contributed by atoms with Crippen molar-refractivity contribution in [3.8, 4) is 0 Å². The van der Waals surface area contributed by atoms with Gasteiger partial charge in [0.1, 0.15) is 0 Å². The highest BCUT2D eigenvalue weighted by atomic mass is 15.4. The minimum absolute atomic E-state index is 0.205. The quantitative estimate of drug-likeness (QED) is 0.756. The average molecular weight is 238 g/mol. The average Bonchev–Trinajstić information content (AvgIpc) is 2.73. The Morgan fingerprint density at radius 3 is 2.06 bits per heavy atom. The summed E-state index contributed by atoms with van der Waals surface area (Å²) in [6, 6.07) is 1.20. The lowest BCUT2D eigenvalue weighted by Crippen LogP contribution is -2.43. The Labute approximate surface area is 107 Å². The molecule has 17 heavy (non-hydrogen) atoms. The third-order valence-electron chi connectivity index (χ3n) is 3.14. The first-order valence-corrected chi connectivity index (χ1v) is 6.79. The van der Waals surface area contributed by atoms with Gasteiger partial charge in [0.15, 0.2) is 0 Å². The Kier molecular flexibility index (Phi) is 3.97. The molecule has 0 aromatic heterocycles. The number of hydrogen-bond acceptors (Lipinski definition) is 2. The van der Waals surface area contributed by atoms with Gasteiger partial charge in [0.05, 0.1) is 6.04 Å². The van der Waals surface area contributed by atoms with Crippen molar-refractivity contribution in [3.63, 3.8) is 0 Å². The van der Waals surface area contributed by atoms with E-state index in [0.717, 1.165) is 0 Å². The van der Waals surface area contributed by atoms with Gasteiger partial charge in [0, 0.05) is 22.8 Å². The summed E-state index contributed by atoms with van der Waals surface area (Å²) in [7, 11) is 0. The molecule has 0 radical (unpaired) electrons. The van der Waals surface area contributed by atoms with Gasteiger partial charge in [0.2, 0.25) is 0 Å². The van der Waals surface area contributed by atoms with E-state index in [0.29, 0.717) is 12.1 Å². The van der Waals surface area contributed by atoms with Crippen LogP contribution in [-0.2, 0) is 0 Å². The van der Waals surface area contributed by atoms with E-state index in [1.165, 1.54) is 12.1 Å². The first-order chi connectivity index (χ1) is 7.56. The van der Waals surface area contributed by atoms with E-state index in [2.05, 4.69) is 71.7 Å². The third kappa shape index (κ3) is 4.02. The summed E-state index contributed by atoms with van der Waals surface area (Å²) in [5.41, 5.74) is 1.98.